The molecule has 21 heavy (non-hydrogen) atoms. The fourth-order valence-corrected chi connectivity index (χ4v) is 3.86. The van der Waals surface area contributed by atoms with E-state index in [1.807, 2.05) is 12.1 Å². The zero-order valence-electron chi connectivity index (χ0n) is 12.4. The Morgan fingerprint density at radius 1 is 1.43 bits per heavy atom. The van der Waals surface area contributed by atoms with Gasteiger partial charge in [0, 0.05) is 24.6 Å². The molecule has 3 atom stereocenters. The summed E-state index contributed by atoms with van der Waals surface area (Å²) in [6.45, 7) is 2.96. The van der Waals surface area contributed by atoms with Gasteiger partial charge in [0.2, 0.25) is 5.91 Å². The van der Waals surface area contributed by atoms with E-state index in [2.05, 4.69) is 18.3 Å². The maximum Gasteiger partial charge on any atom is 0.224 e. The highest BCUT2D eigenvalue weighted by molar-refractivity contribution is 6.21. The summed E-state index contributed by atoms with van der Waals surface area (Å²) in [7, 11) is 0. The van der Waals surface area contributed by atoms with Crippen molar-refractivity contribution in [1.29, 1.82) is 0 Å². The molecule has 3 rings (SSSR count). The molecule has 3 nitrogen and oxygen atoms in total. The number of amides is 1. The lowest BCUT2D eigenvalue weighted by Gasteiger charge is -2.23. The number of hydrogen-bond acceptors (Lipinski definition) is 2. The van der Waals surface area contributed by atoms with E-state index in [0.29, 0.717) is 12.3 Å². The second-order valence-corrected chi connectivity index (χ2v) is 6.46. The Hall–Kier alpha value is -1.06. The van der Waals surface area contributed by atoms with Crippen molar-refractivity contribution >= 4 is 23.2 Å². The molecule has 2 heterocycles. The fraction of sp³-hybridized carbons (Fsp3) is 0.588. The van der Waals surface area contributed by atoms with Crippen LogP contribution in [-0.2, 0) is 16.0 Å². The van der Waals surface area contributed by atoms with Gasteiger partial charge in [-0.3, -0.25) is 4.79 Å². The molecule has 4 heteroatoms. The number of aryl methyl sites for hydroxylation is 1. The normalized spacial score (nSPS) is 26.9. The summed E-state index contributed by atoms with van der Waals surface area (Å²) in [5.41, 5.74) is 3.30. The van der Waals surface area contributed by atoms with Crippen LogP contribution in [-0.4, -0.2) is 18.6 Å². The van der Waals surface area contributed by atoms with Gasteiger partial charge < -0.3 is 10.1 Å². The van der Waals surface area contributed by atoms with Crippen molar-refractivity contribution in [2.24, 2.45) is 5.92 Å². The number of ether oxygens (including phenoxy) is 1. The van der Waals surface area contributed by atoms with E-state index in [9.17, 15) is 4.79 Å². The quantitative estimate of drug-likeness (QED) is 0.855. The van der Waals surface area contributed by atoms with Crippen LogP contribution < -0.4 is 5.32 Å². The highest BCUT2D eigenvalue weighted by Crippen LogP contribution is 2.40. The molecule has 2 aliphatic heterocycles. The van der Waals surface area contributed by atoms with Gasteiger partial charge in [0.05, 0.1) is 11.5 Å². The SMILES string of the molecule is CCC1OCCC1C(Cl)c1ccc2c(c1)CCCC(=O)N2. The Labute approximate surface area is 131 Å². The zero-order chi connectivity index (χ0) is 14.8. The molecule has 1 amide bonds. The molecule has 0 spiro atoms. The van der Waals surface area contributed by atoms with E-state index in [0.717, 1.165) is 43.5 Å². The number of fused-ring (bicyclic) bond motifs is 1. The molecule has 1 aromatic rings. The van der Waals surface area contributed by atoms with Gasteiger partial charge >= 0.3 is 0 Å². The summed E-state index contributed by atoms with van der Waals surface area (Å²) in [5, 5.41) is 2.96. The maximum atomic E-state index is 11.6. The van der Waals surface area contributed by atoms with Crippen molar-refractivity contribution in [2.45, 2.75) is 50.5 Å². The topological polar surface area (TPSA) is 38.3 Å². The number of nitrogens with one attached hydrogen (secondary N) is 1. The van der Waals surface area contributed by atoms with Gasteiger partial charge in [-0.15, -0.1) is 11.6 Å². The van der Waals surface area contributed by atoms with Crippen LogP contribution >= 0.6 is 11.6 Å². The number of carbonyl (C=O) groups excluding carboxylic acids is 1. The molecule has 0 bridgehead atoms. The Bertz CT molecular complexity index is 532. The second-order valence-electron chi connectivity index (χ2n) is 5.99. The van der Waals surface area contributed by atoms with Crippen LogP contribution in [0.2, 0.25) is 0 Å². The van der Waals surface area contributed by atoms with Gasteiger partial charge in [-0.1, -0.05) is 19.1 Å². The number of rotatable bonds is 3. The van der Waals surface area contributed by atoms with Crippen LogP contribution in [0.4, 0.5) is 5.69 Å². The lowest BCUT2D eigenvalue weighted by Crippen LogP contribution is -2.19. The van der Waals surface area contributed by atoms with Gasteiger partial charge in [0.25, 0.3) is 0 Å². The van der Waals surface area contributed by atoms with Crippen molar-refractivity contribution < 1.29 is 9.53 Å². The Kier molecular flexibility index (Phi) is 4.51. The second kappa shape index (κ2) is 6.37. The van der Waals surface area contributed by atoms with E-state index in [1.54, 1.807) is 0 Å². The summed E-state index contributed by atoms with van der Waals surface area (Å²) in [6.07, 6.45) is 4.74. The predicted octanol–water partition coefficient (Wildman–Crippen LogP) is 4.06. The smallest absolute Gasteiger partial charge is 0.224 e. The van der Waals surface area contributed by atoms with Crippen LogP contribution in [0, 0.1) is 5.92 Å². The molecular formula is C17H22ClNO2. The zero-order valence-corrected chi connectivity index (χ0v) is 13.2. The Balaban J connectivity index is 1.83. The highest BCUT2D eigenvalue weighted by atomic mass is 35.5. The molecular weight excluding hydrogens is 286 g/mol. The predicted molar refractivity (Wildman–Crippen MR) is 84.7 cm³/mol. The highest BCUT2D eigenvalue weighted by Gasteiger charge is 2.33. The minimum atomic E-state index is -0.0123. The third kappa shape index (κ3) is 3.09. The molecule has 0 radical (unpaired) electrons. The number of anilines is 1. The molecule has 1 N–H and O–H groups in total. The molecule has 0 saturated carbocycles. The average Bonchev–Trinajstić information content (AvgIpc) is 2.88. The number of alkyl halides is 1. The van der Waals surface area contributed by atoms with E-state index >= 15 is 0 Å². The molecule has 114 valence electrons. The van der Waals surface area contributed by atoms with E-state index < -0.39 is 0 Å². The Morgan fingerprint density at radius 2 is 2.29 bits per heavy atom. The van der Waals surface area contributed by atoms with Gasteiger partial charge in [0.1, 0.15) is 0 Å². The van der Waals surface area contributed by atoms with Crippen LogP contribution in [0.3, 0.4) is 0 Å². The molecule has 1 aromatic carbocycles. The molecule has 0 aliphatic carbocycles. The third-order valence-corrected chi connectivity index (χ3v) is 5.19. The summed E-state index contributed by atoms with van der Waals surface area (Å²) in [5.74, 6) is 0.495. The van der Waals surface area contributed by atoms with Crippen LogP contribution in [0.25, 0.3) is 0 Å². The van der Waals surface area contributed by atoms with Crippen molar-refractivity contribution in [3.63, 3.8) is 0 Å². The number of benzene rings is 1. The van der Waals surface area contributed by atoms with Gasteiger partial charge in [0.15, 0.2) is 0 Å². The molecule has 1 saturated heterocycles. The molecule has 3 unspecified atom stereocenters. The van der Waals surface area contributed by atoms with Gasteiger partial charge in [-0.25, -0.2) is 0 Å². The monoisotopic (exact) mass is 307 g/mol. The summed E-state index contributed by atoms with van der Waals surface area (Å²) in [6, 6.07) is 6.22. The van der Waals surface area contributed by atoms with Crippen molar-refractivity contribution in [2.75, 3.05) is 11.9 Å². The number of hydrogen-bond donors (Lipinski definition) is 1. The lowest BCUT2D eigenvalue weighted by molar-refractivity contribution is -0.116. The first kappa shape index (κ1) is 14.9. The van der Waals surface area contributed by atoms with Crippen molar-refractivity contribution in [3.8, 4) is 0 Å². The van der Waals surface area contributed by atoms with Crippen molar-refractivity contribution in [3.05, 3.63) is 29.3 Å². The Morgan fingerprint density at radius 3 is 3.10 bits per heavy atom. The van der Waals surface area contributed by atoms with Crippen molar-refractivity contribution in [1.82, 2.24) is 0 Å². The minimum Gasteiger partial charge on any atom is -0.378 e. The first-order valence-corrected chi connectivity index (χ1v) is 8.31. The molecule has 1 fully saturated rings. The lowest BCUT2D eigenvalue weighted by atomic mass is 9.90. The number of halogens is 1. The van der Waals surface area contributed by atoms with Crippen LogP contribution in [0.5, 0.6) is 0 Å². The molecule has 2 aliphatic rings. The average molecular weight is 308 g/mol. The standard InChI is InChI=1S/C17H22ClNO2/c1-2-15-13(8-9-21-15)17(18)12-6-7-14-11(10-12)4-3-5-16(20)19-14/h6-7,10,13,15,17H,2-5,8-9H2,1H3,(H,19,20). The van der Waals surface area contributed by atoms with Gasteiger partial charge in [-0.05, 0) is 42.9 Å². The van der Waals surface area contributed by atoms with Crippen LogP contribution in [0.15, 0.2) is 18.2 Å². The first-order chi connectivity index (χ1) is 10.2. The summed E-state index contributed by atoms with van der Waals surface area (Å²) in [4.78, 5) is 11.6. The summed E-state index contributed by atoms with van der Waals surface area (Å²) < 4.78 is 5.76. The minimum absolute atomic E-state index is 0.0123. The molecule has 0 aromatic heterocycles. The summed E-state index contributed by atoms with van der Waals surface area (Å²) >= 11 is 6.73. The van der Waals surface area contributed by atoms with E-state index in [1.165, 1.54) is 5.56 Å². The first-order valence-electron chi connectivity index (χ1n) is 7.87. The maximum absolute atomic E-state index is 11.6. The number of carbonyl (C=O) groups is 1. The van der Waals surface area contributed by atoms with E-state index in [-0.39, 0.29) is 17.4 Å². The van der Waals surface area contributed by atoms with Gasteiger partial charge in [-0.2, -0.15) is 0 Å². The fourth-order valence-electron chi connectivity index (χ4n) is 3.43. The third-order valence-electron chi connectivity index (χ3n) is 4.61. The van der Waals surface area contributed by atoms with Crippen LogP contribution in [0.1, 0.15) is 49.1 Å². The van der Waals surface area contributed by atoms with E-state index in [4.69, 9.17) is 16.3 Å². The largest absolute Gasteiger partial charge is 0.378 e.